The molecule has 0 aliphatic heterocycles. The van der Waals surface area contributed by atoms with E-state index >= 15 is 0 Å². The van der Waals surface area contributed by atoms with Crippen LogP contribution in [0.2, 0.25) is 0 Å². The van der Waals surface area contributed by atoms with Crippen molar-refractivity contribution < 1.29 is 0 Å². The lowest BCUT2D eigenvalue weighted by atomic mass is 10.1. The summed E-state index contributed by atoms with van der Waals surface area (Å²) in [5.41, 5.74) is 7.34. The molecule has 2 aromatic rings. The van der Waals surface area contributed by atoms with Crippen molar-refractivity contribution in [3.05, 3.63) is 57.8 Å². The standard InChI is InChI=1S/C13H13Cl2NS/c14-13(15,10-4-2-1-3-5-10)11-8-12(6-7-16)17-9-11/h1-5,8-9H,6-7,16H2. The summed E-state index contributed by atoms with van der Waals surface area (Å²) in [7, 11) is 0. The fraction of sp³-hybridized carbons (Fsp3) is 0.231. The first-order chi connectivity index (χ1) is 8.14. The summed E-state index contributed by atoms with van der Waals surface area (Å²) >= 11 is 14.5. The number of rotatable bonds is 4. The molecule has 1 aromatic carbocycles. The van der Waals surface area contributed by atoms with E-state index in [2.05, 4.69) is 0 Å². The third-order valence-corrected chi connectivity index (χ3v) is 4.41. The van der Waals surface area contributed by atoms with Gasteiger partial charge in [-0.1, -0.05) is 53.5 Å². The Morgan fingerprint density at radius 1 is 1.12 bits per heavy atom. The van der Waals surface area contributed by atoms with E-state index in [0.29, 0.717) is 6.54 Å². The summed E-state index contributed by atoms with van der Waals surface area (Å²) < 4.78 is -0.982. The van der Waals surface area contributed by atoms with Gasteiger partial charge in [-0.15, -0.1) is 11.3 Å². The largest absolute Gasteiger partial charge is 0.330 e. The molecule has 2 rings (SSSR count). The van der Waals surface area contributed by atoms with Gasteiger partial charge in [0.2, 0.25) is 0 Å². The topological polar surface area (TPSA) is 26.0 Å². The molecule has 0 atom stereocenters. The van der Waals surface area contributed by atoms with Gasteiger partial charge >= 0.3 is 0 Å². The van der Waals surface area contributed by atoms with E-state index in [1.165, 1.54) is 4.88 Å². The number of halogens is 2. The highest BCUT2D eigenvalue weighted by Gasteiger charge is 2.29. The second kappa shape index (κ2) is 5.40. The maximum absolute atomic E-state index is 6.44. The van der Waals surface area contributed by atoms with Gasteiger partial charge in [0.15, 0.2) is 4.33 Å². The van der Waals surface area contributed by atoms with Crippen LogP contribution in [0.5, 0.6) is 0 Å². The lowest BCUT2D eigenvalue weighted by Gasteiger charge is -2.18. The molecule has 1 nitrogen and oxygen atoms in total. The number of hydrogen-bond acceptors (Lipinski definition) is 2. The lowest BCUT2D eigenvalue weighted by molar-refractivity contribution is 0.980. The highest BCUT2D eigenvalue weighted by molar-refractivity contribution is 7.10. The molecule has 2 N–H and O–H groups in total. The Labute approximate surface area is 115 Å². The van der Waals surface area contributed by atoms with Gasteiger partial charge in [-0.3, -0.25) is 0 Å². The van der Waals surface area contributed by atoms with Gasteiger partial charge in [0, 0.05) is 10.4 Å². The summed E-state index contributed by atoms with van der Waals surface area (Å²) in [6, 6.07) is 11.7. The Bertz CT molecular complexity index is 479. The zero-order valence-electron chi connectivity index (χ0n) is 9.20. The van der Waals surface area contributed by atoms with Gasteiger partial charge in [-0.25, -0.2) is 0 Å². The van der Waals surface area contributed by atoms with E-state index in [1.54, 1.807) is 11.3 Å². The zero-order valence-corrected chi connectivity index (χ0v) is 11.5. The quantitative estimate of drug-likeness (QED) is 0.847. The average Bonchev–Trinajstić information content (AvgIpc) is 2.80. The van der Waals surface area contributed by atoms with Gasteiger partial charge in [-0.05, 0) is 30.0 Å². The Morgan fingerprint density at radius 2 is 1.82 bits per heavy atom. The number of nitrogens with two attached hydrogens (primary N) is 1. The van der Waals surface area contributed by atoms with Gasteiger partial charge in [0.1, 0.15) is 0 Å². The smallest absolute Gasteiger partial charge is 0.168 e. The maximum Gasteiger partial charge on any atom is 0.168 e. The van der Waals surface area contributed by atoms with E-state index in [0.717, 1.165) is 17.5 Å². The Kier molecular flexibility index (Phi) is 4.10. The van der Waals surface area contributed by atoms with Crippen molar-refractivity contribution >= 4 is 34.5 Å². The van der Waals surface area contributed by atoms with Crippen molar-refractivity contribution in [3.8, 4) is 0 Å². The van der Waals surface area contributed by atoms with Crippen LogP contribution in [-0.4, -0.2) is 6.54 Å². The van der Waals surface area contributed by atoms with Crippen molar-refractivity contribution in [1.82, 2.24) is 0 Å². The molecule has 0 bridgehead atoms. The van der Waals surface area contributed by atoms with E-state index in [-0.39, 0.29) is 0 Å². The van der Waals surface area contributed by atoms with Gasteiger partial charge in [0.05, 0.1) is 0 Å². The van der Waals surface area contributed by atoms with Crippen LogP contribution >= 0.6 is 34.5 Å². The van der Waals surface area contributed by atoms with Crippen LogP contribution in [0.15, 0.2) is 41.8 Å². The lowest BCUT2D eigenvalue weighted by Crippen LogP contribution is -2.10. The molecule has 0 radical (unpaired) electrons. The minimum absolute atomic E-state index is 0.642. The minimum Gasteiger partial charge on any atom is -0.330 e. The van der Waals surface area contributed by atoms with Crippen LogP contribution in [0.1, 0.15) is 16.0 Å². The van der Waals surface area contributed by atoms with Crippen LogP contribution in [0.25, 0.3) is 0 Å². The predicted molar refractivity (Wildman–Crippen MR) is 76.0 cm³/mol. The molecule has 1 heterocycles. The molecular weight excluding hydrogens is 273 g/mol. The van der Waals surface area contributed by atoms with E-state index in [4.69, 9.17) is 28.9 Å². The molecule has 0 saturated carbocycles. The summed E-state index contributed by atoms with van der Waals surface area (Å²) in [6.07, 6.45) is 0.864. The van der Waals surface area contributed by atoms with Crippen LogP contribution < -0.4 is 5.73 Å². The monoisotopic (exact) mass is 285 g/mol. The van der Waals surface area contributed by atoms with Gasteiger partial charge < -0.3 is 5.73 Å². The van der Waals surface area contributed by atoms with E-state index in [9.17, 15) is 0 Å². The summed E-state index contributed by atoms with van der Waals surface area (Å²) in [6.45, 7) is 0.642. The highest BCUT2D eigenvalue weighted by Crippen LogP contribution is 2.42. The fourth-order valence-electron chi connectivity index (χ4n) is 1.63. The molecule has 1 aromatic heterocycles. The number of hydrogen-bond donors (Lipinski definition) is 1. The maximum atomic E-state index is 6.44. The van der Waals surface area contributed by atoms with Crippen LogP contribution in [0.4, 0.5) is 0 Å². The summed E-state index contributed by atoms with van der Waals surface area (Å²) in [5, 5.41) is 2.00. The molecule has 90 valence electrons. The number of benzene rings is 1. The molecular formula is C13H13Cl2NS. The third-order valence-electron chi connectivity index (χ3n) is 2.54. The first-order valence-electron chi connectivity index (χ1n) is 5.36. The first-order valence-corrected chi connectivity index (χ1v) is 6.99. The van der Waals surface area contributed by atoms with Gasteiger partial charge in [0.25, 0.3) is 0 Å². The molecule has 0 spiro atoms. The average molecular weight is 286 g/mol. The number of thiophene rings is 1. The second-order valence-electron chi connectivity index (χ2n) is 3.78. The van der Waals surface area contributed by atoms with Crippen molar-refractivity contribution in [2.75, 3.05) is 6.54 Å². The highest BCUT2D eigenvalue weighted by atomic mass is 35.5. The van der Waals surface area contributed by atoms with Crippen LogP contribution in [0, 0.1) is 0 Å². The SMILES string of the molecule is NCCc1cc(C(Cl)(Cl)c2ccccc2)cs1. The Hall–Kier alpha value is -0.540. The molecule has 4 heteroatoms. The Balaban J connectivity index is 2.31. The van der Waals surface area contributed by atoms with E-state index in [1.807, 2.05) is 41.8 Å². The van der Waals surface area contributed by atoms with Gasteiger partial charge in [-0.2, -0.15) is 0 Å². The third kappa shape index (κ3) is 2.83. The number of alkyl halides is 2. The van der Waals surface area contributed by atoms with E-state index < -0.39 is 4.33 Å². The predicted octanol–water partition coefficient (Wildman–Crippen LogP) is 3.93. The van der Waals surface area contributed by atoms with Crippen molar-refractivity contribution in [2.24, 2.45) is 5.73 Å². The second-order valence-corrected chi connectivity index (χ2v) is 6.10. The fourth-order valence-corrected chi connectivity index (χ4v) is 3.19. The summed E-state index contributed by atoms with van der Waals surface area (Å²) in [4.78, 5) is 1.21. The summed E-state index contributed by atoms with van der Waals surface area (Å²) in [5.74, 6) is 0. The molecule has 17 heavy (non-hydrogen) atoms. The normalized spacial score (nSPS) is 11.7. The molecule has 0 fully saturated rings. The van der Waals surface area contributed by atoms with Crippen molar-refractivity contribution in [1.29, 1.82) is 0 Å². The zero-order chi connectivity index (χ0) is 12.3. The minimum atomic E-state index is -0.982. The molecule has 0 aliphatic carbocycles. The molecule has 0 saturated heterocycles. The molecule has 0 unspecified atom stereocenters. The van der Waals surface area contributed by atoms with Crippen molar-refractivity contribution in [2.45, 2.75) is 10.8 Å². The van der Waals surface area contributed by atoms with Crippen LogP contribution in [-0.2, 0) is 10.8 Å². The molecule has 0 amide bonds. The first kappa shape index (κ1) is 12.9. The molecule has 0 aliphatic rings. The van der Waals surface area contributed by atoms with Crippen LogP contribution in [0.3, 0.4) is 0 Å². The van der Waals surface area contributed by atoms with Crippen molar-refractivity contribution in [3.63, 3.8) is 0 Å². The Morgan fingerprint density at radius 3 is 2.47 bits per heavy atom.